The molecule has 2 atom stereocenters. The topological polar surface area (TPSA) is 133 Å². The van der Waals surface area contributed by atoms with Gasteiger partial charge in [-0.15, -0.1) is 0 Å². The van der Waals surface area contributed by atoms with Gasteiger partial charge in [-0.1, -0.05) is 96.5 Å². The Morgan fingerprint density at radius 3 is 1.90 bits per heavy atom. The number of carbonyl (C=O) groups excluding carboxylic acids is 4. The fraction of sp³-hybridized carbons (Fsp3) is 0.308. The molecule has 0 saturated carbocycles. The van der Waals surface area contributed by atoms with Crippen molar-refractivity contribution in [2.24, 2.45) is 5.92 Å². The molecule has 1 aliphatic heterocycles. The quantitative estimate of drug-likeness (QED) is 0.138. The van der Waals surface area contributed by atoms with E-state index in [1.54, 1.807) is 35.4 Å². The number of rotatable bonds is 14. The lowest BCUT2D eigenvalue weighted by atomic mass is 9.96. The van der Waals surface area contributed by atoms with Crippen molar-refractivity contribution >= 4 is 41.2 Å². The normalized spacial score (nSPS) is 14.2. The molecule has 1 aromatic heterocycles. The summed E-state index contributed by atoms with van der Waals surface area (Å²) in [6.45, 7) is 0.937. The van der Waals surface area contributed by atoms with E-state index in [-0.39, 0.29) is 30.3 Å². The van der Waals surface area contributed by atoms with Crippen LogP contribution in [0.4, 0.5) is 10.6 Å². The zero-order valence-corrected chi connectivity index (χ0v) is 28.6. The number of halogens is 1. The number of urea groups is 1. The molecule has 3 aromatic carbocycles. The van der Waals surface area contributed by atoms with Crippen LogP contribution in [0.1, 0.15) is 42.4 Å². The number of aromatic nitrogens is 1. The van der Waals surface area contributed by atoms with E-state index in [9.17, 15) is 19.2 Å². The molecule has 0 spiro atoms. The lowest BCUT2D eigenvalue weighted by molar-refractivity contribution is -0.130. The number of aryl methyl sites for hydroxylation is 2. The average Bonchev–Trinajstić information content (AvgIpc) is 3.15. The van der Waals surface area contributed by atoms with E-state index >= 15 is 0 Å². The summed E-state index contributed by atoms with van der Waals surface area (Å²) in [5.41, 5.74) is 2.83. The van der Waals surface area contributed by atoms with Crippen molar-refractivity contribution < 1.29 is 19.2 Å². The minimum atomic E-state index is -0.900. The van der Waals surface area contributed by atoms with E-state index in [2.05, 4.69) is 26.3 Å². The van der Waals surface area contributed by atoms with Gasteiger partial charge in [-0.2, -0.15) is 0 Å². The van der Waals surface area contributed by atoms with E-state index in [4.69, 9.17) is 11.6 Å². The van der Waals surface area contributed by atoms with Crippen molar-refractivity contribution in [1.29, 1.82) is 0 Å². The van der Waals surface area contributed by atoms with E-state index in [0.717, 1.165) is 16.7 Å². The Morgan fingerprint density at radius 2 is 1.30 bits per heavy atom. The molecule has 4 aromatic rings. The largest absolute Gasteiger partial charge is 0.350 e. The molecule has 0 unspecified atom stereocenters. The maximum atomic E-state index is 13.9. The first kappa shape index (κ1) is 36.1. The van der Waals surface area contributed by atoms with Gasteiger partial charge in [0.25, 0.3) is 0 Å². The highest BCUT2D eigenvalue weighted by Gasteiger charge is 2.31. The summed E-state index contributed by atoms with van der Waals surface area (Å²) in [5, 5.41) is 12.2. The number of anilines is 1. The third kappa shape index (κ3) is 10.9. The summed E-state index contributed by atoms with van der Waals surface area (Å²) in [4.78, 5) is 59.7. The average molecular weight is 695 g/mol. The number of nitrogens with one attached hydrogen (secondary N) is 4. The first-order valence-electron chi connectivity index (χ1n) is 17.0. The number of amides is 5. The van der Waals surface area contributed by atoms with Crippen LogP contribution < -0.4 is 21.3 Å². The van der Waals surface area contributed by atoms with Crippen LogP contribution in [0.5, 0.6) is 0 Å². The van der Waals surface area contributed by atoms with Gasteiger partial charge in [0, 0.05) is 36.8 Å². The molecule has 50 heavy (non-hydrogen) atoms. The van der Waals surface area contributed by atoms with E-state index in [1.165, 1.54) is 0 Å². The van der Waals surface area contributed by atoms with Gasteiger partial charge in [0.1, 0.15) is 17.9 Å². The number of hydrogen-bond donors (Lipinski definition) is 4. The molecule has 1 saturated heterocycles. The van der Waals surface area contributed by atoms with Gasteiger partial charge in [0.05, 0.1) is 0 Å². The van der Waals surface area contributed by atoms with Crippen LogP contribution in [0.15, 0.2) is 109 Å². The van der Waals surface area contributed by atoms with Gasteiger partial charge in [-0.3, -0.25) is 14.4 Å². The summed E-state index contributed by atoms with van der Waals surface area (Å²) >= 11 is 6.32. The molecule has 0 bridgehead atoms. The van der Waals surface area contributed by atoms with Crippen molar-refractivity contribution in [3.05, 3.63) is 131 Å². The number of hydrogen-bond acceptors (Lipinski definition) is 5. The zero-order valence-electron chi connectivity index (χ0n) is 27.9. The maximum absolute atomic E-state index is 13.9. The number of pyridine rings is 1. The predicted octanol–water partition coefficient (Wildman–Crippen LogP) is 5.53. The molecule has 1 aliphatic rings. The SMILES string of the molecule is O=C(Nc1ccccn1)C1CCN(C(=O)N[C@@H](CCc2ccccc2)C(=O)N[C@@H](CCc2ccccc2)C(=O)NCc2ccccc2Cl)CC1. The smallest absolute Gasteiger partial charge is 0.318 e. The van der Waals surface area contributed by atoms with Crippen molar-refractivity contribution in [2.75, 3.05) is 18.4 Å². The second kappa shape index (κ2) is 18.5. The number of likely N-dealkylation sites (tertiary alicyclic amines) is 1. The van der Waals surface area contributed by atoms with Crippen LogP contribution in [0, 0.1) is 5.92 Å². The minimum Gasteiger partial charge on any atom is -0.350 e. The predicted molar refractivity (Wildman–Crippen MR) is 194 cm³/mol. The third-order valence-electron chi connectivity index (χ3n) is 8.86. The Morgan fingerprint density at radius 1 is 0.720 bits per heavy atom. The molecule has 2 heterocycles. The number of nitrogens with zero attached hydrogens (tertiary/aromatic N) is 2. The fourth-order valence-electron chi connectivity index (χ4n) is 5.92. The summed E-state index contributed by atoms with van der Waals surface area (Å²) in [6.07, 6.45) is 4.39. The molecule has 1 fully saturated rings. The number of benzene rings is 3. The molecular formula is C39H43ClN6O4. The van der Waals surface area contributed by atoms with Crippen LogP contribution in [0.3, 0.4) is 0 Å². The highest BCUT2D eigenvalue weighted by atomic mass is 35.5. The second-order valence-corrected chi connectivity index (χ2v) is 12.8. The molecule has 5 amide bonds. The first-order chi connectivity index (χ1) is 24.4. The van der Waals surface area contributed by atoms with Gasteiger partial charge in [-0.25, -0.2) is 9.78 Å². The van der Waals surface area contributed by atoms with Crippen molar-refractivity contribution in [2.45, 2.75) is 57.2 Å². The molecule has 4 N–H and O–H groups in total. The van der Waals surface area contributed by atoms with Crippen LogP contribution in [-0.4, -0.2) is 58.8 Å². The van der Waals surface area contributed by atoms with Crippen molar-refractivity contribution in [3.8, 4) is 0 Å². The summed E-state index contributed by atoms with van der Waals surface area (Å²) < 4.78 is 0. The molecule has 10 nitrogen and oxygen atoms in total. The minimum absolute atomic E-state index is 0.127. The highest BCUT2D eigenvalue weighted by Crippen LogP contribution is 2.20. The van der Waals surface area contributed by atoms with E-state index < -0.39 is 18.0 Å². The third-order valence-corrected chi connectivity index (χ3v) is 9.22. The lowest BCUT2D eigenvalue weighted by Gasteiger charge is -2.32. The van der Waals surface area contributed by atoms with Crippen LogP contribution in [0.25, 0.3) is 0 Å². The van der Waals surface area contributed by atoms with E-state index in [1.807, 2.05) is 78.9 Å². The maximum Gasteiger partial charge on any atom is 0.318 e. The van der Waals surface area contributed by atoms with Gasteiger partial charge in [0.2, 0.25) is 17.7 Å². The van der Waals surface area contributed by atoms with Gasteiger partial charge in [-0.05, 0) is 73.4 Å². The second-order valence-electron chi connectivity index (χ2n) is 12.4. The Labute approximate surface area is 298 Å². The first-order valence-corrected chi connectivity index (χ1v) is 17.4. The van der Waals surface area contributed by atoms with Crippen LogP contribution in [0.2, 0.25) is 5.02 Å². The standard InChI is InChI=1S/C39H43ClN6O4/c40-32-16-8-7-15-31(32)27-42-37(48)33(20-18-28-11-3-1-4-12-28)43-38(49)34(21-19-29-13-5-2-6-14-29)44-39(50)46-25-22-30(23-26-46)36(47)45-35-17-9-10-24-41-35/h1-17,24,30,33-34H,18-23,25-27H2,(H,42,48)(H,43,49)(H,44,50)(H,41,45,47)/t33-,34-/m0/s1. The number of carbonyl (C=O) groups is 4. The summed E-state index contributed by atoms with van der Waals surface area (Å²) in [7, 11) is 0. The van der Waals surface area contributed by atoms with Gasteiger partial charge >= 0.3 is 6.03 Å². The summed E-state index contributed by atoms with van der Waals surface area (Å²) in [6, 6.07) is 29.9. The monoisotopic (exact) mass is 694 g/mol. The molecule has 0 radical (unpaired) electrons. The van der Waals surface area contributed by atoms with E-state index in [0.29, 0.717) is 62.5 Å². The molecular weight excluding hydrogens is 652 g/mol. The fourth-order valence-corrected chi connectivity index (χ4v) is 6.12. The number of piperidine rings is 1. The lowest BCUT2D eigenvalue weighted by Crippen LogP contribution is -2.56. The van der Waals surface area contributed by atoms with Crippen LogP contribution in [-0.2, 0) is 33.8 Å². The molecule has 0 aliphatic carbocycles. The molecule has 260 valence electrons. The Balaban J connectivity index is 1.24. The van der Waals surface area contributed by atoms with Crippen molar-refractivity contribution in [1.82, 2.24) is 25.8 Å². The molecule has 11 heteroatoms. The molecule has 5 rings (SSSR count). The Bertz CT molecular complexity index is 1700. The Hall–Kier alpha value is -5.22. The van der Waals surface area contributed by atoms with Crippen LogP contribution >= 0.6 is 11.6 Å². The Kier molecular flexibility index (Phi) is 13.4. The summed E-state index contributed by atoms with van der Waals surface area (Å²) in [5.74, 6) is -0.672. The highest BCUT2D eigenvalue weighted by molar-refractivity contribution is 6.31. The zero-order chi connectivity index (χ0) is 35.1. The van der Waals surface area contributed by atoms with Gasteiger partial charge in [0.15, 0.2) is 0 Å². The van der Waals surface area contributed by atoms with Crippen molar-refractivity contribution in [3.63, 3.8) is 0 Å². The van der Waals surface area contributed by atoms with Gasteiger partial charge < -0.3 is 26.2 Å².